The maximum Gasteiger partial charge on any atom is 0.407 e. The third-order valence-corrected chi connectivity index (χ3v) is 5.77. The Kier molecular flexibility index (Phi) is 6.70. The molecule has 0 spiro atoms. The average Bonchev–Trinajstić information content (AvgIpc) is 2.67. The number of nitrogens with one attached hydrogen (secondary N) is 1. The molecule has 1 aromatic rings. The number of benzene rings is 1. The summed E-state index contributed by atoms with van der Waals surface area (Å²) >= 11 is 0. The highest BCUT2D eigenvalue weighted by atomic mass is 16.6. The van der Waals surface area contributed by atoms with Crippen LogP contribution < -0.4 is 10.2 Å². The fourth-order valence-corrected chi connectivity index (χ4v) is 4.36. The third-order valence-electron chi connectivity index (χ3n) is 5.77. The Bertz CT molecular complexity index is 733. The summed E-state index contributed by atoms with van der Waals surface area (Å²) in [5.41, 5.74) is 2.63. The van der Waals surface area contributed by atoms with Crippen LogP contribution in [-0.2, 0) is 15.9 Å². The first kappa shape index (κ1) is 21.5. The number of hydrogen-bond donors (Lipinski definition) is 1. The lowest BCUT2D eigenvalue weighted by Gasteiger charge is -2.37. The molecule has 1 N–H and O–H groups in total. The molecule has 1 aliphatic heterocycles. The van der Waals surface area contributed by atoms with Crippen LogP contribution in [0.4, 0.5) is 10.5 Å². The molecule has 0 radical (unpaired) electrons. The van der Waals surface area contributed by atoms with Gasteiger partial charge in [-0.15, -0.1) is 0 Å². The summed E-state index contributed by atoms with van der Waals surface area (Å²) in [5.74, 6) is 0.312. The summed E-state index contributed by atoms with van der Waals surface area (Å²) in [6.07, 6.45) is 6.01. The van der Waals surface area contributed by atoms with Gasteiger partial charge < -0.3 is 19.7 Å². The van der Waals surface area contributed by atoms with Crippen molar-refractivity contribution in [2.24, 2.45) is 5.92 Å². The van der Waals surface area contributed by atoms with Crippen LogP contribution in [0, 0.1) is 5.92 Å². The van der Waals surface area contributed by atoms with Crippen molar-refractivity contribution in [3.63, 3.8) is 0 Å². The molecule has 0 aromatic heterocycles. The molecular weight excluding hydrogens is 368 g/mol. The molecule has 1 amide bonds. The second-order valence-corrected chi connectivity index (χ2v) is 9.25. The van der Waals surface area contributed by atoms with Crippen molar-refractivity contribution < 1.29 is 19.1 Å². The van der Waals surface area contributed by atoms with Crippen LogP contribution in [0.5, 0.6) is 0 Å². The van der Waals surface area contributed by atoms with Crippen LogP contribution in [0.3, 0.4) is 0 Å². The normalized spacial score (nSPS) is 21.9. The van der Waals surface area contributed by atoms with E-state index < -0.39 is 5.60 Å². The molecule has 0 bridgehead atoms. The Morgan fingerprint density at radius 2 is 1.90 bits per heavy atom. The fraction of sp³-hybridized carbons (Fsp3) is 0.652. The van der Waals surface area contributed by atoms with E-state index in [1.165, 1.54) is 18.4 Å². The summed E-state index contributed by atoms with van der Waals surface area (Å²) in [5, 5.41) is 3.02. The van der Waals surface area contributed by atoms with Gasteiger partial charge in [0.2, 0.25) is 0 Å². The highest BCUT2D eigenvalue weighted by Gasteiger charge is 2.27. The van der Waals surface area contributed by atoms with Crippen molar-refractivity contribution in [3.05, 3.63) is 29.3 Å². The molecule has 1 fully saturated rings. The first-order valence-corrected chi connectivity index (χ1v) is 10.7. The highest BCUT2D eigenvalue weighted by molar-refractivity contribution is 5.91. The van der Waals surface area contributed by atoms with Crippen LogP contribution in [0.25, 0.3) is 0 Å². The van der Waals surface area contributed by atoms with Gasteiger partial charge in [0, 0.05) is 24.8 Å². The molecule has 1 saturated carbocycles. The molecule has 1 aliphatic carbocycles. The fourth-order valence-electron chi connectivity index (χ4n) is 4.36. The Labute approximate surface area is 173 Å². The van der Waals surface area contributed by atoms with Crippen LogP contribution in [0.2, 0.25) is 0 Å². The van der Waals surface area contributed by atoms with E-state index >= 15 is 0 Å². The largest absolute Gasteiger partial charge is 0.465 e. The number of carbonyl (C=O) groups excluding carboxylic acids is 2. The van der Waals surface area contributed by atoms with Crippen molar-refractivity contribution in [3.8, 4) is 0 Å². The standard InChI is InChI=1S/C23H34N2O4/c1-23(2,3)29-22(27)24-19-11-7-16(8-12-19)15-25-13-5-6-17-9-10-18(14-20(17)25)21(26)28-4/h9-10,14,16,19H,5-8,11-13,15H2,1-4H3,(H,24,27). The number of ether oxygens (including phenoxy) is 2. The average molecular weight is 403 g/mol. The van der Waals surface area contributed by atoms with Gasteiger partial charge in [0.25, 0.3) is 0 Å². The van der Waals surface area contributed by atoms with Gasteiger partial charge in [-0.25, -0.2) is 9.59 Å². The minimum absolute atomic E-state index is 0.195. The number of fused-ring (bicyclic) bond motifs is 1. The van der Waals surface area contributed by atoms with E-state index in [4.69, 9.17) is 9.47 Å². The lowest BCUT2D eigenvalue weighted by molar-refractivity contribution is 0.0486. The highest BCUT2D eigenvalue weighted by Crippen LogP contribution is 2.32. The Morgan fingerprint density at radius 1 is 1.17 bits per heavy atom. The Hall–Kier alpha value is -2.24. The van der Waals surface area contributed by atoms with Crippen LogP contribution in [0.15, 0.2) is 18.2 Å². The van der Waals surface area contributed by atoms with Crippen molar-refractivity contribution in [1.82, 2.24) is 5.32 Å². The number of amides is 1. The number of esters is 1. The SMILES string of the molecule is COC(=O)c1ccc2c(c1)N(CC1CCC(NC(=O)OC(C)(C)C)CC1)CCC2. The lowest BCUT2D eigenvalue weighted by atomic mass is 9.85. The summed E-state index contributed by atoms with van der Waals surface area (Å²) in [6, 6.07) is 6.10. The van der Waals surface area contributed by atoms with Crippen molar-refractivity contribution in [2.75, 3.05) is 25.1 Å². The van der Waals surface area contributed by atoms with E-state index in [2.05, 4.69) is 16.3 Å². The van der Waals surface area contributed by atoms with E-state index in [0.29, 0.717) is 11.5 Å². The summed E-state index contributed by atoms with van der Waals surface area (Å²) in [7, 11) is 1.42. The molecule has 0 unspecified atom stereocenters. The van der Waals surface area contributed by atoms with Crippen molar-refractivity contribution >= 4 is 17.7 Å². The number of rotatable bonds is 4. The number of nitrogens with zero attached hydrogens (tertiary/aromatic N) is 1. The van der Waals surface area contributed by atoms with Gasteiger partial charge in [0.1, 0.15) is 5.60 Å². The zero-order chi connectivity index (χ0) is 21.0. The monoisotopic (exact) mass is 402 g/mol. The molecule has 1 heterocycles. The smallest absolute Gasteiger partial charge is 0.407 e. The molecular formula is C23H34N2O4. The molecule has 6 nitrogen and oxygen atoms in total. The van der Waals surface area contributed by atoms with Crippen molar-refractivity contribution in [1.29, 1.82) is 0 Å². The first-order chi connectivity index (χ1) is 13.7. The number of aryl methyl sites for hydroxylation is 1. The van der Waals surface area contributed by atoms with Crippen molar-refractivity contribution in [2.45, 2.75) is 70.9 Å². The van der Waals surface area contributed by atoms with Gasteiger partial charge >= 0.3 is 12.1 Å². The third kappa shape index (κ3) is 5.87. The Morgan fingerprint density at radius 3 is 2.55 bits per heavy atom. The van der Waals surface area contributed by atoms with E-state index in [0.717, 1.165) is 51.6 Å². The van der Waals surface area contributed by atoms with Crippen LogP contribution in [-0.4, -0.2) is 43.9 Å². The molecule has 1 aromatic carbocycles. The minimum atomic E-state index is -0.466. The predicted octanol–water partition coefficient (Wildman–Crippen LogP) is 4.31. The molecule has 3 rings (SSSR count). The van der Waals surface area contributed by atoms with E-state index in [-0.39, 0.29) is 18.1 Å². The molecule has 6 heteroatoms. The number of methoxy groups -OCH3 is 1. The predicted molar refractivity (Wildman–Crippen MR) is 113 cm³/mol. The second kappa shape index (κ2) is 9.06. The van der Waals surface area contributed by atoms with Gasteiger partial charge in [-0.2, -0.15) is 0 Å². The second-order valence-electron chi connectivity index (χ2n) is 9.25. The molecule has 2 aliphatic rings. The zero-order valence-electron chi connectivity index (χ0n) is 18.1. The number of hydrogen-bond acceptors (Lipinski definition) is 5. The topological polar surface area (TPSA) is 67.9 Å². The van der Waals surface area contributed by atoms with Crippen LogP contribution in [0.1, 0.15) is 68.8 Å². The Balaban J connectivity index is 1.55. The number of anilines is 1. The number of alkyl carbamates (subject to hydrolysis) is 1. The quantitative estimate of drug-likeness (QED) is 0.760. The minimum Gasteiger partial charge on any atom is -0.465 e. The van der Waals surface area contributed by atoms with Gasteiger partial charge in [0.05, 0.1) is 12.7 Å². The van der Waals surface area contributed by atoms with Crippen LogP contribution >= 0.6 is 0 Å². The van der Waals surface area contributed by atoms with E-state index in [1.54, 1.807) is 0 Å². The molecule has 0 atom stereocenters. The molecule has 0 saturated heterocycles. The van der Waals surface area contributed by atoms with Gasteiger partial charge in [-0.3, -0.25) is 0 Å². The van der Waals surface area contributed by atoms with E-state index in [9.17, 15) is 9.59 Å². The van der Waals surface area contributed by atoms with Gasteiger partial charge in [0.15, 0.2) is 0 Å². The summed E-state index contributed by atoms with van der Waals surface area (Å²) in [4.78, 5) is 26.3. The number of carbonyl (C=O) groups is 2. The summed E-state index contributed by atoms with van der Waals surface area (Å²) in [6.45, 7) is 7.66. The van der Waals surface area contributed by atoms with Gasteiger partial charge in [-0.1, -0.05) is 6.07 Å². The van der Waals surface area contributed by atoms with Gasteiger partial charge in [-0.05, 0) is 82.9 Å². The maximum atomic E-state index is 12.0. The maximum absolute atomic E-state index is 12.0. The molecule has 29 heavy (non-hydrogen) atoms. The zero-order valence-corrected chi connectivity index (χ0v) is 18.1. The summed E-state index contributed by atoms with van der Waals surface area (Å²) < 4.78 is 10.3. The molecule has 160 valence electrons. The van der Waals surface area contributed by atoms with E-state index in [1.807, 2.05) is 32.9 Å². The lowest BCUT2D eigenvalue weighted by Crippen LogP contribution is -2.42. The first-order valence-electron chi connectivity index (χ1n) is 10.7.